The maximum Gasteiger partial charge on any atom is 0.271 e. The van der Waals surface area contributed by atoms with Crippen molar-refractivity contribution in [1.29, 1.82) is 0 Å². The van der Waals surface area contributed by atoms with E-state index in [1.54, 1.807) is 18.2 Å². The molecule has 4 rings (SSSR count). The summed E-state index contributed by atoms with van der Waals surface area (Å²) in [5.74, 6) is -0.245. The Morgan fingerprint density at radius 2 is 2.00 bits per heavy atom. The molecule has 0 radical (unpaired) electrons. The lowest BCUT2D eigenvalue weighted by Gasteiger charge is -2.17. The van der Waals surface area contributed by atoms with Gasteiger partial charge < -0.3 is 9.88 Å². The highest BCUT2D eigenvalue weighted by atomic mass is 16.6. The van der Waals surface area contributed by atoms with Gasteiger partial charge in [-0.3, -0.25) is 19.7 Å². The number of nitrogens with one attached hydrogen (secondary N) is 1. The lowest BCUT2D eigenvalue weighted by atomic mass is 10.1. The highest BCUT2D eigenvalue weighted by Gasteiger charge is 2.27. The summed E-state index contributed by atoms with van der Waals surface area (Å²) < 4.78 is 0. The maximum atomic E-state index is 12.8. The second kappa shape index (κ2) is 6.11. The van der Waals surface area contributed by atoms with Crippen molar-refractivity contribution in [2.75, 3.05) is 11.4 Å². The molecule has 1 aromatic heterocycles. The smallest absolute Gasteiger partial charge is 0.271 e. The molecule has 0 fully saturated rings. The van der Waals surface area contributed by atoms with Gasteiger partial charge in [0.1, 0.15) is 0 Å². The van der Waals surface area contributed by atoms with Gasteiger partial charge in [-0.2, -0.15) is 0 Å². The number of nitro benzene ring substituents is 1. The van der Waals surface area contributed by atoms with Crippen LogP contribution in [0.2, 0.25) is 0 Å². The van der Waals surface area contributed by atoms with E-state index in [-0.39, 0.29) is 23.6 Å². The van der Waals surface area contributed by atoms with Crippen molar-refractivity contribution in [3.63, 3.8) is 0 Å². The Bertz CT molecular complexity index is 1100. The Morgan fingerprint density at radius 1 is 1.19 bits per heavy atom. The number of fused-ring (bicyclic) bond motifs is 2. The molecule has 26 heavy (non-hydrogen) atoms. The number of aromatic nitrogens is 1. The van der Waals surface area contributed by atoms with Gasteiger partial charge in [0.05, 0.1) is 17.0 Å². The fourth-order valence-corrected chi connectivity index (χ4v) is 3.32. The zero-order valence-corrected chi connectivity index (χ0v) is 13.8. The molecule has 3 aromatic rings. The number of para-hydroxylation sites is 1. The normalized spacial score (nSPS) is 13.0. The highest BCUT2D eigenvalue weighted by Crippen LogP contribution is 2.32. The number of H-pyrrole nitrogens is 1. The van der Waals surface area contributed by atoms with E-state index in [0.717, 1.165) is 16.5 Å². The first-order chi connectivity index (χ1) is 12.5. The summed E-state index contributed by atoms with van der Waals surface area (Å²) in [6.45, 7) is 0.459. The number of nitro groups is 1. The Kier molecular flexibility index (Phi) is 3.76. The molecule has 2 heterocycles. The van der Waals surface area contributed by atoms with E-state index in [1.165, 1.54) is 17.0 Å². The molecule has 0 saturated carbocycles. The van der Waals surface area contributed by atoms with Crippen LogP contribution in [0.25, 0.3) is 10.9 Å². The zero-order chi connectivity index (χ0) is 18.3. The molecular weight excluding hydrogens is 334 g/mol. The molecule has 1 N–H and O–H groups in total. The van der Waals surface area contributed by atoms with Gasteiger partial charge in [0.25, 0.3) is 11.2 Å². The van der Waals surface area contributed by atoms with E-state index >= 15 is 0 Å². The predicted molar refractivity (Wildman–Crippen MR) is 97.4 cm³/mol. The minimum atomic E-state index is -0.477. The van der Waals surface area contributed by atoms with E-state index in [2.05, 4.69) is 4.98 Å². The van der Waals surface area contributed by atoms with Crippen LogP contribution >= 0.6 is 0 Å². The number of rotatable bonds is 3. The fourth-order valence-electron chi connectivity index (χ4n) is 3.32. The third kappa shape index (κ3) is 2.73. The molecule has 0 spiro atoms. The van der Waals surface area contributed by atoms with Crippen molar-refractivity contribution < 1.29 is 9.72 Å². The Morgan fingerprint density at radius 3 is 2.81 bits per heavy atom. The molecule has 7 nitrogen and oxygen atoms in total. The average Bonchev–Trinajstić information content (AvgIpc) is 3.05. The van der Waals surface area contributed by atoms with Crippen LogP contribution in [-0.2, 0) is 17.6 Å². The summed E-state index contributed by atoms with van der Waals surface area (Å²) in [4.78, 5) is 39.8. The molecule has 2 aromatic carbocycles. The van der Waals surface area contributed by atoms with Crippen molar-refractivity contribution in [3.8, 4) is 0 Å². The van der Waals surface area contributed by atoms with Gasteiger partial charge >= 0.3 is 0 Å². The number of amides is 1. The first-order valence-corrected chi connectivity index (χ1v) is 8.21. The predicted octanol–water partition coefficient (Wildman–Crippen LogP) is 2.57. The van der Waals surface area contributed by atoms with Gasteiger partial charge in [-0.25, -0.2) is 0 Å². The van der Waals surface area contributed by atoms with Crippen molar-refractivity contribution in [3.05, 3.63) is 80.1 Å². The third-order valence-corrected chi connectivity index (χ3v) is 4.65. The highest BCUT2D eigenvalue weighted by molar-refractivity contribution is 5.97. The molecule has 1 aliphatic rings. The lowest BCUT2D eigenvalue weighted by Crippen LogP contribution is -2.32. The largest absolute Gasteiger partial charge is 0.322 e. The number of pyridine rings is 1. The average molecular weight is 349 g/mol. The van der Waals surface area contributed by atoms with E-state index in [9.17, 15) is 19.7 Å². The van der Waals surface area contributed by atoms with Crippen LogP contribution in [0, 0.1) is 10.1 Å². The minimum absolute atomic E-state index is 0.0491. The van der Waals surface area contributed by atoms with E-state index < -0.39 is 4.92 Å². The van der Waals surface area contributed by atoms with E-state index in [1.807, 2.05) is 18.2 Å². The van der Waals surface area contributed by atoms with Gasteiger partial charge in [-0.05, 0) is 29.5 Å². The molecule has 0 saturated heterocycles. The number of anilines is 1. The van der Waals surface area contributed by atoms with Crippen molar-refractivity contribution in [2.24, 2.45) is 0 Å². The quantitative estimate of drug-likeness (QED) is 0.580. The molecule has 7 heteroatoms. The summed E-state index contributed by atoms with van der Waals surface area (Å²) in [7, 11) is 0. The van der Waals surface area contributed by atoms with Crippen LogP contribution in [0.3, 0.4) is 0 Å². The summed E-state index contributed by atoms with van der Waals surface area (Å²) in [6, 6.07) is 13.6. The standard InChI is InChI=1S/C19H15N3O4/c23-18(10-14-9-13-3-1-2-4-16(13)20-19(14)24)21-8-7-12-5-6-15(22(25)26)11-17(12)21/h1-6,9,11H,7-8,10H2,(H,20,24). The second-order valence-electron chi connectivity index (χ2n) is 6.25. The van der Waals surface area contributed by atoms with Gasteiger partial charge in [-0.1, -0.05) is 24.3 Å². The third-order valence-electron chi connectivity index (χ3n) is 4.65. The summed E-state index contributed by atoms with van der Waals surface area (Å²) in [5.41, 5.74) is 2.21. The molecule has 0 atom stereocenters. The topological polar surface area (TPSA) is 96.3 Å². The number of hydrogen-bond donors (Lipinski definition) is 1. The number of carbonyl (C=O) groups is 1. The van der Waals surface area contributed by atoms with Crippen LogP contribution in [0.1, 0.15) is 11.1 Å². The summed E-state index contributed by atoms with van der Waals surface area (Å²) >= 11 is 0. The van der Waals surface area contributed by atoms with Gasteiger partial charge in [0, 0.05) is 29.8 Å². The number of benzene rings is 2. The molecule has 1 aliphatic heterocycles. The number of aromatic amines is 1. The number of hydrogen-bond acceptors (Lipinski definition) is 4. The van der Waals surface area contributed by atoms with Crippen molar-refractivity contribution in [1.82, 2.24) is 4.98 Å². The lowest BCUT2D eigenvalue weighted by molar-refractivity contribution is -0.384. The van der Waals surface area contributed by atoms with Crippen LogP contribution in [0.15, 0.2) is 53.3 Å². The van der Waals surface area contributed by atoms with Gasteiger partial charge in [-0.15, -0.1) is 0 Å². The van der Waals surface area contributed by atoms with Crippen molar-refractivity contribution in [2.45, 2.75) is 12.8 Å². The monoisotopic (exact) mass is 349 g/mol. The Balaban J connectivity index is 1.65. The van der Waals surface area contributed by atoms with Crippen LogP contribution in [0.4, 0.5) is 11.4 Å². The van der Waals surface area contributed by atoms with Gasteiger partial charge in [0.2, 0.25) is 5.91 Å². The van der Waals surface area contributed by atoms with E-state index in [0.29, 0.717) is 24.2 Å². The summed E-state index contributed by atoms with van der Waals surface area (Å²) in [5, 5.41) is 11.8. The molecule has 0 aliphatic carbocycles. The van der Waals surface area contributed by atoms with E-state index in [4.69, 9.17) is 0 Å². The molecule has 130 valence electrons. The Labute approximate surface area is 148 Å². The van der Waals surface area contributed by atoms with Gasteiger partial charge in [0.15, 0.2) is 0 Å². The van der Waals surface area contributed by atoms with Crippen LogP contribution < -0.4 is 10.5 Å². The number of non-ortho nitro benzene ring substituents is 1. The second-order valence-corrected chi connectivity index (χ2v) is 6.25. The zero-order valence-electron chi connectivity index (χ0n) is 13.8. The molecule has 0 bridgehead atoms. The Hall–Kier alpha value is -3.48. The molecular formula is C19H15N3O4. The van der Waals surface area contributed by atoms with Crippen molar-refractivity contribution >= 4 is 28.2 Å². The molecule has 0 unspecified atom stereocenters. The fraction of sp³-hybridized carbons (Fsp3) is 0.158. The minimum Gasteiger partial charge on any atom is -0.322 e. The van der Waals surface area contributed by atoms with Crippen LogP contribution in [0.5, 0.6) is 0 Å². The first-order valence-electron chi connectivity index (χ1n) is 8.21. The number of nitrogens with zero attached hydrogens (tertiary/aromatic N) is 2. The maximum absolute atomic E-state index is 12.8. The van der Waals surface area contributed by atoms with Crippen LogP contribution in [-0.4, -0.2) is 22.4 Å². The first kappa shape index (κ1) is 16.0. The summed E-state index contributed by atoms with van der Waals surface area (Å²) in [6.07, 6.45) is 0.593. The molecule has 1 amide bonds. The number of carbonyl (C=O) groups excluding carboxylic acids is 1. The SMILES string of the molecule is O=C(Cc1cc2ccccc2[nH]c1=O)N1CCc2ccc([N+](=O)[O-])cc21.